The van der Waals surface area contributed by atoms with E-state index in [2.05, 4.69) is 15.3 Å². The maximum Gasteiger partial charge on any atom is 0.346 e. The maximum atomic E-state index is 12.2. The summed E-state index contributed by atoms with van der Waals surface area (Å²) in [6, 6.07) is 9.53. The first-order valence-electron chi connectivity index (χ1n) is 7.66. The Kier molecular flexibility index (Phi) is 5.38. The fourth-order valence-corrected chi connectivity index (χ4v) is 4.15. The number of nitrogens with one attached hydrogen (secondary N) is 2. The summed E-state index contributed by atoms with van der Waals surface area (Å²) < 4.78 is 0. The predicted octanol–water partition coefficient (Wildman–Crippen LogP) is 2.40. The molecular formula is C17H15N3O4S2. The molecule has 0 atom stereocenters. The van der Waals surface area contributed by atoms with Crippen LogP contribution in [0.1, 0.15) is 20.8 Å². The van der Waals surface area contributed by atoms with Crippen LogP contribution in [0, 0.1) is 6.92 Å². The lowest BCUT2D eigenvalue weighted by atomic mass is 10.2. The van der Waals surface area contributed by atoms with Gasteiger partial charge in [-0.15, -0.1) is 11.3 Å². The minimum atomic E-state index is -1.08. The zero-order valence-corrected chi connectivity index (χ0v) is 15.4. The van der Waals surface area contributed by atoms with Crippen LogP contribution in [0.5, 0.6) is 0 Å². The van der Waals surface area contributed by atoms with Crippen molar-refractivity contribution in [3.8, 4) is 0 Å². The molecule has 0 bridgehead atoms. The molecule has 0 aliphatic heterocycles. The van der Waals surface area contributed by atoms with Gasteiger partial charge in [0.15, 0.2) is 5.16 Å². The van der Waals surface area contributed by atoms with Crippen LogP contribution in [0.15, 0.2) is 40.3 Å². The van der Waals surface area contributed by atoms with Crippen LogP contribution in [0.25, 0.3) is 10.2 Å². The van der Waals surface area contributed by atoms with E-state index in [4.69, 9.17) is 5.11 Å². The number of aryl methyl sites for hydroxylation is 1. The van der Waals surface area contributed by atoms with Gasteiger partial charge < -0.3 is 15.4 Å². The Balaban J connectivity index is 1.68. The van der Waals surface area contributed by atoms with Crippen molar-refractivity contribution >= 4 is 45.2 Å². The van der Waals surface area contributed by atoms with Crippen molar-refractivity contribution in [3.63, 3.8) is 0 Å². The van der Waals surface area contributed by atoms with Gasteiger partial charge in [0.2, 0.25) is 5.91 Å². The van der Waals surface area contributed by atoms with Gasteiger partial charge in [0.05, 0.1) is 11.1 Å². The zero-order chi connectivity index (χ0) is 18.7. The Hall–Kier alpha value is -2.65. The number of aromatic nitrogens is 2. The smallest absolute Gasteiger partial charge is 0.346 e. The number of H-pyrrole nitrogens is 1. The van der Waals surface area contributed by atoms with Crippen molar-refractivity contribution in [1.82, 2.24) is 15.3 Å². The minimum Gasteiger partial charge on any atom is -0.477 e. The first-order chi connectivity index (χ1) is 12.5. The molecule has 3 N–H and O–H groups in total. The second kappa shape index (κ2) is 7.71. The zero-order valence-electron chi connectivity index (χ0n) is 13.7. The Morgan fingerprint density at radius 2 is 2.04 bits per heavy atom. The van der Waals surface area contributed by atoms with Gasteiger partial charge in [-0.1, -0.05) is 42.1 Å². The van der Waals surface area contributed by atoms with Gasteiger partial charge in [0.25, 0.3) is 5.56 Å². The van der Waals surface area contributed by atoms with Crippen LogP contribution in [0.4, 0.5) is 0 Å². The van der Waals surface area contributed by atoms with Gasteiger partial charge in [-0.05, 0) is 18.1 Å². The molecule has 1 aromatic carbocycles. The molecule has 3 rings (SSSR count). The first-order valence-corrected chi connectivity index (χ1v) is 9.46. The van der Waals surface area contributed by atoms with Crippen molar-refractivity contribution in [2.75, 3.05) is 5.75 Å². The van der Waals surface area contributed by atoms with Crippen LogP contribution in [0.3, 0.4) is 0 Å². The lowest BCUT2D eigenvalue weighted by Crippen LogP contribution is -2.24. The van der Waals surface area contributed by atoms with E-state index in [-0.39, 0.29) is 27.1 Å². The molecular weight excluding hydrogens is 374 g/mol. The van der Waals surface area contributed by atoms with Crippen LogP contribution in [-0.2, 0) is 11.3 Å². The summed E-state index contributed by atoms with van der Waals surface area (Å²) in [5.41, 5.74) is 1.00. The van der Waals surface area contributed by atoms with Gasteiger partial charge in [-0.2, -0.15) is 0 Å². The lowest BCUT2D eigenvalue weighted by Gasteiger charge is -2.05. The topological polar surface area (TPSA) is 112 Å². The van der Waals surface area contributed by atoms with Crippen LogP contribution in [-0.4, -0.2) is 32.7 Å². The van der Waals surface area contributed by atoms with Crippen molar-refractivity contribution in [2.24, 2.45) is 0 Å². The summed E-state index contributed by atoms with van der Waals surface area (Å²) in [6.45, 7) is 2.01. The number of amides is 1. The van der Waals surface area contributed by atoms with E-state index in [1.54, 1.807) is 6.92 Å². The van der Waals surface area contributed by atoms with Gasteiger partial charge >= 0.3 is 5.97 Å². The summed E-state index contributed by atoms with van der Waals surface area (Å²) in [4.78, 5) is 42.7. The Bertz CT molecular complexity index is 1030. The SMILES string of the molecule is Cc1c(C(=O)O)sc2nc(SCC(=O)NCc3ccccc3)[nH]c(=O)c12. The third-order valence-corrected chi connectivity index (χ3v) is 5.69. The molecule has 2 aromatic heterocycles. The molecule has 7 nitrogen and oxygen atoms in total. The highest BCUT2D eigenvalue weighted by Crippen LogP contribution is 2.28. The summed E-state index contributed by atoms with van der Waals surface area (Å²) in [6.07, 6.45) is 0. The monoisotopic (exact) mass is 389 g/mol. The van der Waals surface area contributed by atoms with Gasteiger partial charge in [0.1, 0.15) is 9.71 Å². The molecule has 9 heteroatoms. The van der Waals surface area contributed by atoms with E-state index in [1.165, 1.54) is 0 Å². The number of hydrogen-bond donors (Lipinski definition) is 3. The fourth-order valence-electron chi connectivity index (χ4n) is 2.38. The molecule has 0 saturated carbocycles. The van der Waals surface area contributed by atoms with Crippen LogP contribution in [0.2, 0.25) is 0 Å². The van der Waals surface area contributed by atoms with Gasteiger partial charge in [-0.3, -0.25) is 9.59 Å². The standard InChI is InChI=1S/C17H15N3O4S2/c1-9-12-14(22)19-17(20-15(12)26-13(9)16(23)24)25-8-11(21)18-7-10-5-3-2-4-6-10/h2-6H,7-8H2,1H3,(H,18,21)(H,23,24)(H,19,20,22). The molecule has 0 radical (unpaired) electrons. The summed E-state index contributed by atoms with van der Waals surface area (Å²) in [5.74, 6) is -1.17. The number of carboxylic acids is 1. The Labute approximate surface area is 156 Å². The van der Waals surface area contributed by atoms with E-state index < -0.39 is 11.5 Å². The number of fused-ring (bicyclic) bond motifs is 1. The third kappa shape index (κ3) is 3.94. The molecule has 0 fully saturated rings. The lowest BCUT2D eigenvalue weighted by molar-refractivity contribution is -0.118. The number of thiophene rings is 1. The van der Waals surface area contributed by atoms with Crippen LogP contribution >= 0.6 is 23.1 Å². The number of aromatic amines is 1. The average Bonchev–Trinajstić information content (AvgIpc) is 2.96. The van der Waals surface area contributed by atoms with Crippen molar-refractivity contribution in [1.29, 1.82) is 0 Å². The Morgan fingerprint density at radius 1 is 1.31 bits per heavy atom. The molecule has 0 unspecified atom stereocenters. The summed E-state index contributed by atoms with van der Waals surface area (Å²) in [7, 11) is 0. The second-order valence-electron chi connectivity index (χ2n) is 5.46. The molecule has 0 spiro atoms. The van der Waals surface area contributed by atoms with Crippen LogP contribution < -0.4 is 10.9 Å². The van der Waals surface area contributed by atoms with E-state index in [0.29, 0.717) is 16.9 Å². The van der Waals surface area contributed by atoms with E-state index in [1.807, 2.05) is 30.3 Å². The van der Waals surface area contributed by atoms with Crippen molar-refractivity contribution < 1.29 is 14.7 Å². The number of rotatable bonds is 6. The number of aromatic carboxylic acids is 1. The third-order valence-electron chi connectivity index (χ3n) is 3.65. The number of carbonyl (C=O) groups excluding carboxylic acids is 1. The van der Waals surface area contributed by atoms with E-state index in [0.717, 1.165) is 28.7 Å². The Morgan fingerprint density at radius 3 is 2.73 bits per heavy atom. The van der Waals surface area contributed by atoms with Gasteiger partial charge in [0, 0.05) is 6.54 Å². The maximum absolute atomic E-state index is 12.2. The number of thioether (sulfide) groups is 1. The minimum absolute atomic E-state index is 0.0947. The fraction of sp³-hybridized carbons (Fsp3) is 0.176. The molecule has 1 amide bonds. The molecule has 26 heavy (non-hydrogen) atoms. The quantitative estimate of drug-likeness (QED) is 0.441. The summed E-state index contributed by atoms with van der Waals surface area (Å²) >= 11 is 2.05. The first kappa shape index (κ1) is 18.2. The van der Waals surface area contributed by atoms with Crippen molar-refractivity contribution in [3.05, 3.63) is 56.7 Å². The number of benzene rings is 1. The highest BCUT2D eigenvalue weighted by atomic mass is 32.2. The molecule has 0 aliphatic rings. The van der Waals surface area contributed by atoms with E-state index in [9.17, 15) is 14.4 Å². The number of nitrogens with zero attached hydrogens (tertiary/aromatic N) is 1. The predicted molar refractivity (Wildman–Crippen MR) is 101 cm³/mol. The average molecular weight is 389 g/mol. The molecule has 2 heterocycles. The number of hydrogen-bond acceptors (Lipinski definition) is 6. The molecule has 134 valence electrons. The highest BCUT2D eigenvalue weighted by molar-refractivity contribution is 7.99. The number of carboxylic acid groups (broad SMARTS) is 1. The molecule has 0 saturated heterocycles. The molecule has 0 aliphatic carbocycles. The molecule has 3 aromatic rings. The summed E-state index contributed by atoms with van der Waals surface area (Å²) in [5, 5.41) is 12.5. The van der Waals surface area contributed by atoms with E-state index >= 15 is 0 Å². The number of carbonyl (C=O) groups is 2. The van der Waals surface area contributed by atoms with Crippen molar-refractivity contribution in [2.45, 2.75) is 18.6 Å². The highest BCUT2D eigenvalue weighted by Gasteiger charge is 2.18. The van der Waals surface area contributed by atoms with Gasteiger partial charge in [-0.25, -0.2) is 9.78 Å². The second-order valence-corrected chi connectivity index (χ2v) is 7.43. The normalized spacial score (nSPS) is 10.8. The largest absolute Gasteiger partial charge is 0.477 e.